The molecule has 10 heteroatoms. The maximum absolute atomic E-state index is 13.0. The van der Waals surface area contributed by atoms with Gasteiger partial charge in [0.1, 0.15) is 12.6 Å². The first-order chi connectivity index (χ1) is 19.8. The number of amides is 2. The molecular formula is C31H45BrN6O3. The second-order valence-electron chi connectivity index (χ2n) is 8.68. The van der Waals surface area contributed by atoms with Crippen LogP contribution in [0.2, 0.25) is 0 Å². The molecule has 1 heterocycles. The molecule has 0 bridgehead atoms. The Kier molecular flexibility index (Phi) is 20.4. The van der Waals surface area contributed by atoms with Crippen LogP contribution in [0.4, 0.5) is 5.82 Å². The Labute approximate surface area is 253 Å². The first-order valence-corrected chi connectivity index (χ1v) is 14.2. The number of aromatic nitrogens is 1. The zero-order chi connectivity index (χ0) is 31.2. The first kappa shape index (κ1) is 37.6. The highest BCUT2D eigenvalue weighted by Crippen LogP contribution is 2.23. The SMILES string of the molecule is C=O.CC.CN.Cc1ccccc1-c1ccc(C(=O)NC(CNCCN(C)C)CC(=O)Nc2ccc(Br)cn2)cc1. The molecule has 2 amide bonds. The predicted octanol–water partition coefficient (Wildman–Crippen LogP) is 4.51. The second-order valence-corrected chi connectivity index (χ2v) is 9.60. The number of hydrogen-bond donors (Lipinski definition) is 4. The van der Waals surface area contributed by atoms with Gasteiger partial charge in [-0.05, 0) is 85.0 Å². The van der Waals surface area contributed by atoms with Crippen molar-refractivity contribution in [1.29, 1.82) is 0 Å². The zero-order valence-corrected chi connectivity index (χ0v) is 26.6. The first-order valence-electron chi connectivity index (χ1n) is 13.4. The van der Waals surface area contributed by atoms with Gasteiger partial charge in [0.25, 0.3) is 5.91 Å². The number of carbonyl (C=O) groups is 3. The summed E-state index contributed by atoms with van der Waals surface area (Å²) in [5.74, 6) is 0.0420. The van der Waals surface area contributed by atoms with Gasteiger partial charge >= 0.3 is 0 Å². The molecule has 224 valence electrons. The lowest BCUT2D eigenvalue weighted by Crippen LogP contribution is -2.45. The number of nitrogens with zero attached hydrogens (tertiary/aromatic N) is 2. The lowest BCUT2D eigenvalue weighted by atomic mass is 9.99. The van der Waals surface area contributed by atoms with Crippen molar-refractivity contribution in [3.8, 4) is 11.1 Å². The van der Waals surface area contributed by atoms with E-state index in [4.69, 9.17) is 4.79 Å². The van der Waals surface area contributed by atoms with E-state index >= 15 is 0 Å². The number of nitrogens with two attached hydrogens (primary N) is 1. The molecule has 1 atom stereocenters. The van der Waals surface area contributed by atoms with E-state index in [1.807, 2.05) is 77.2 Å². The van der Waals surface area contributed by atoms with Crippen molar-refractivity contribution >= 4 is 40.4 Å². The van der Waals surface area contributed by atoms with Crippen LogP contribution in [0.5, 0.6) is 0 Å². The van der Waals surface area contributed by atoms with Crippen molar-refractivity contribution in [2.45, 2.75) is 33.2 Å². The van der Waals surface area contributed by atoms with Gasteiger partial charge in [-0.25, -0.2) is 4.98 Å². The third-order valence-electron chi connectivity index (χ3n) is 5.49. The fraction of sp³-hybridized carbons (Fsp3) is 0.355. The van der Waals surface area contributed by atoms with E-state index in [1.165, 1.54) is 12.6 Å². The molecule has 1 aromatic heterocycles. The van der Waals surface area contributed by atoms with E-state index in [-0.39, 0.29) is 24.3 Å². The average molecular weight is 630 g/mol. The van der Waals surface area contributed by atoms with Crippen LogP contribution in [0.25, 0.3) is 11.1 Å². The summed E-state index contributed by atoms with van der Waals surface area (Å²) >= 11 is 3.33. The van der Waals surface area contributed by atoms with Crippen molar-refractivity contribution in [1.82, 2.24) is 20.5 Å². The highest BCUT2D eigenvalue weighted by Gasteiger charge is 2.18. The van der Waals surface area contributed by atoms with Crippen LogP contribution >= 0.6 is 15.9 Å². The molecule has 0 fully saturated rings. The summed E-state index contributed by atoms with van der Waals surface area (Å²) in [5.41, 5.74) is 8.43. The molecule has 0 spiro atoms. The standard InChI is InChI=1S/C27H32BrN5O2.C2H6.CH5N.CH2O/c1-19-6-4-5-7-24(19)20-8-10-21(11-9-20)27(35)31-23(18-29-14-15-33(2)3)16-26(34)32-25-13-12-22(28)17-30-25;3*1-2/h4-13,17,23,29H,14-16,18H2,1-3H3,(H,31,35)(H,30,32,34);1-2H3;2H2,1H3;1H2. The molecule has 0 aliphatic carbocycles. The lowest BCUT2D eigenvalue weighted by Gasteiger charge is -2.20. The number of aryl methyl sites for hydroxylation is 1. The summed E-state index contributed by atoms with van der Waals surface area (Å²) in [6.45, 7) is 10.1. The number of likely N-dealkylation sites (N-methyl/N-ethyl adjacent to an activating group) is 1. The van der Waals surface area contributed by atoms with Gasteiger partial charge in [-0.3, -0.25) is 9.59 Å². The Morgan fingerprint density at radius 1 is 1.00 bits per heavy atom. The summed E-state index contributed by atoms with van der Waals surface area (Å²) in [5, 5.41) is 9.14. The Hall–Kier alpha value is -3.44. The third-order valence-corrected chi connectivity index (χ3v) is 5.96. The van der Waals surface area contributed by atoms with Crippen molar-refractivity contribution in [3.63, 3.8) is 0 Å². The van der Waals surface area contributed by atoms with Crippen molar-refractivity contribution in [3.05, 3.63) is 82.5 Å². The van der Waals surface area contributed by atoms with E-state index in [1.54, 1.807) is 12.3 Å². The van der Waals surface area contributed by atoms with Crippen LogP contribution in [0, 0.1) is 6.92 Å². The highest BCUT2D eigenvalue weighted by molar-refractivity contribution is 9.10. The lowest BCUT2D eigenvalue weighted by molar-refractivity contribution is -0.116. The third kappa shape index (κ3) is 14.7. The van der Waals surface area contributed by atoms with Gasteiger partial charge in [0.05, 0.1) is 6.04 Å². The van der Waals surface area contributed by atoms with Gasteiger partial charge in [-0.2, -0.15) is 0 Å². The fourth-order valence-electron chi connectivity index (χ4n) is 3.59. The maximum atomic E-state index is 13.0. The van der Waals surface area contributed by atoms with Crippen molar-refractivity contribution in [2.75, 3.05) is 46.1 Å². The van der Waals surface area contributed by atoms with Crippen LogP contribution in [0.3, 0.4) is 0 Å². The molecule has 1 unspecified atom stereocenters. The van der Waals surface area contributed by atoms with Crippen LogP contribution in [0.15, 0.2) is 71.3 Å². The Morgan fingerprint density at radius 3 is 2.20 bits per heavy atom. The predicted molar refractivity (Wildman–Crippen MR) is 173 cm³/mol. The summed E-state index contributed by atoms with van der Waals surface area (Å²) in [4.78, 5) is 39.9. The van der Waals surface area contributed by atoms with E-state index < -0.39 is 0 Å². The Bertz CT molecular complexity index is 1140. The highest BCUT2D eigenvalue weighted by atomic mass is 79.9. The minimum atomic E-state index is -0.379. The minimum Gasteiger partial charge on any atom is -0.348 e. The summed E-state index contributed by atoms with van der Waals surface area (Å²) in [6, 6.07) is 18.8. The van der Waals surface area contributed by atoms with Crippen molar-refractivity contribution < 1.29 is 14.4 Å². The smallest absolute Gasteiger partial charge is 0.251 e. The minimum absolute atomic E-state index is 0.125. The molecule has 3 aromatic rings. The van der Waals surface area contributed by atoms with Gasteiger partial charge in [0.15, 0.2) is 0 Å². The second kappa shape index (κ2) is 22.3. The van der Waals surface area contributed by atoms with E-state index in [0.29, 0.717) is 17.9 Å². The summed E-state index contributed by atoms with van der Waals surface area (Å²) in [7, 11) is 5.50. The largest absolute Gasteiger partial charge is 0.348 e. The molecule has 3 rings (SSSR count). The number of hydrogen-bond acceptors (Lipinski definition) is 7. The molecule has 5 N–H and O–H groups in total. The van der Waals surface area contributed by atoms with E-state index in [2.05, 4.69) is 66.6 Å². The normalized spacial score (nSPS) is 10.5. The van der Waals surface area contributed by atoms with Crippen molar-refractivity contribution in [2.24, 2.45) is 5.73 Å². The summed E-state index contributed by atoms with van der Waals surface area (Å²) in [6.07, 6.45) is 1.75. The average Bonchev–Trinajstić information content (AvgIpc) is 3.00. The van der Waals surface area contributed by atoms with Gasteiger partial charge in [0.2, 0.25) is 5.91 Å². The molecule has 0 aliphatic rings. The molecule has 2 aromatic carbocycles. The fourth-order valence-corrected chi connectivity index (χ4v) is 3.82. The van der Waals surface area contributed by atoms with Crippen LogP contribution in [-0.4, -0.2) is 75.3 Å². The molecule has 41 heavy (non-hydrogen) atoms. The van der Waals surface area contributed by atoms with Gasteiger partial charge < -0.3 is 31.4 Å². The molecular weight excluding hydrogens is 584 g/mol. The molecule has 0 radical (unpaired) electrons. The number of anilines is 1. The molecule has 0 aliphatic heterocycles. The van der Waals surface area contributed by atoms with Crippen LogP contribution in [-0.2, 0) is 9.59 Å². The van der Waals surface area contributed by atoms with Crippen LogP contribution in [0.1, 0.15) is 36.2 Å². The molecule has 9 nitrogen and oxygen atoms in total. The Balaban J connectivity index is 0.00000250. The van der Waals surface area contributed by atoms with Gasteiger partial charge in [-0.15, -0.1) is 0 Å². The number of pyridine rings is 1. The number of rotatable bonds is 11. The van der Waals surface area contributed by atoms with E-state index in [9.17, 15) is 9.59 Å². The van der Waals surface area contributed by atoms with E-state index in [0.717, 1.165) is 28.7 Å². The number of benzene rings is 2. The molecule has 0 saturated heterocycles. The number of halogens is 1. The quantitative estimate of drug-likeness (QED) is 0.230. The maximum Gasteiger partial charge on any atom is 0.251 e. The zero-order valence-electron chi connectivity index (χ0n) is 25.0. The van der Waals surface area contributed by atoms with Gasteiger partial charge in [-0.1, -0.05) is 50.2 Å². The monoisotopic (exact) mass is 628 g/mol. The Morgan fingerprint density at radius 2 is 1.63 bits per heavy atom. The molecule has 0 saturated carbocycles. The van der Waals surface area contributed by atoms with Crippen LogP contribution < -0.4 is 21.7 Å². The number of nitrogens with one attached hydrogen (secondary N) is 3. The topological polar surface area (TPSA) is 129 Å². The number of carbonyl (C=O) groups excluding carboxylic acids is 3. The summed E-state index contributed by atoms with van der Waals surface area (Å²) < 4.78 is 0.833. The van der Waals surface area contributed by atoms with Gasteiger partial charge in [0, 0.05) is 42.3 Å².